The SMILES string of the molecule is Cc1nn(CCCOCc2ccccc2)cc1I. The highest BCUT2D eigenvalue weighted by molar-refractivity contribution is 14.1. The molecular weight excluding hydrogens is 339 g/mol. The number of hydrogen-bond donors (Lipinski definition) is 0. The molecule has 0 saturated heterocycles. The van der Waals surface area contributed by atoms with Crippen molar-refractivity contribution in [2.45, 2.75) is 26.5 Å². The first-order chi connectivity index (χ1) is 8.75. The van der Waals surface area contributed by atoms with Gasteiger partial charge in [0.2, 0.25) is 0 Å². The topological polar surface area (TPSA) is 27.1 Å². The van der Waals surface area contributed by atoms with Gasteiger partial charge < -0.3 is 4.74 Å². The summed E-state index contributed by atoms with van der Waals surface area (Å²) >= 11 is 2.31. The highest BCUT2D eigenvalue weighted by Crippen LogP contribution is 2.08. The molecule has 4 heteroatoms. The van der Waals surface area contributed by atoms with Crippen molar-refractivity contribution < 1.29 is 4.74 Å². The molecule has 3 nitrogen and oxygen atoms in total. The van der Waals surface area contributed by atoms with E-state index in [0.717, 1.165) is 25.3 Å². The van der Waals surface area contributed by atoms with Gasteiger partial charge in [-0.05, 0) is 41.5 Å². The van der Waals surface area contributed by atoms with Crippen molar-refractivity contribution in [2.24, 2.45) is 0 Å². The molecule has 0 atom stereocenters. The predicted molar refractivity (Wildman–Crippen MR) is 80.4 cm³/mol. The molecule has 1 heterocycles. The molecule has 2 rings (SSSR count). The van der Waals surface area contributed by atoms with E-state index in [1.807, 2.05) is 29.8 Å². The van der Waals surface area contributed by atoms with Crippen LogP contribution in [0.5, 0.6) is 0 Å². The van der Waals surface area contributed by atoms with Crippen LogP contribution in [0.2, 0.25) is 0 Å². The van der Waals surface area contributed by atoms with E-state index in [9.17, 15) is 0 Å². The third kappa shape index (κ3) is 4.10. The van der Waals surface area contributed by atoms with Gasteiger partial charge in [0.15, 0.2) is 0 Å². The lowest BCUT2D eigenvalue weighted by atomic mass is 10.2. The Morgan fingerprint density at radius 1 is 1.28 bits per heavy atom. The summed E-state index contributed by atoms with van der Waals surface area (Å²) in [6.07, 6.45) is 3.07. The fraction of sp³-hybridized carbons (Fsp3) is 0.357. The van der Waals surface area contributed by atoms with Gasteiger partial charge in [0, 0.05) is 19.3 Å². The van der Waals surface area contributed by atoms with Crippen LogP contribution in [0, 0.1) is 10.5 Å². The number of aryl methyl sites for hydroxylation is 2. The van der Waals surface area contributed by atoms with Crippen LogP contribution < -0.4 is 0 Å². The van der Waals surface area contributed by atoms with Crippen LogP contribution in [0.1, 0.15) is 17.7 Å². The fourth-order valence-electron chi connectivity index (χ4n) is 1.70. The Kier molecular flexibility index (Phi) is 5.19. The quantitative estimate of drug-likeness (QED) is 0.586. The van der Waals surface area contributed by atoms with Crippen molar-refractivity contribution in [1.29, 1.82) is 0 Å². The van der Waals surface area contributed by atoms with Gasteiger partial charge in [-0.1, -0.05) is 30.3 Å². The van der Waals surface area contributed by atoms with Gasteiger partial charge >= 0.3 is 0 Å². The Morgan fingerprint density at radius 3 is 2.72 bits per heavy atom. The zero-order valence-electron chi connectivity index (χ0n) is 10.5. The maximum absolute atomic E-state index is 5.64. The van der Waals surface area contributed by atoms with Gasteiger partial charge in [-0.15, -0.1) is 0 Å². The molecule has 96 valence electrons. The largest absolute Gasteiger partial charge is 0.377 e. The average molecular weight is 356 g/mol. The van der Waals surface area contributed by atoms with Gasteiger partial charge in [0.1, 0.15) is 0 Å². The summed E-state index contributed by atoms with van der Waals surface area (Å²) in [6, 6.07) is 10.3. The molecule has 0 aliphatic heterocycles. The van der Waals surface area contributed by atoms with E-state index in [-0.39, 0.29) is 0 Å². The van der Waals surface area contributed by atoms with Crippen LogP contribution in [0.15, 0.2) is 36.5 Å². The van der Waals surface area contributed by atoms with E-state index < -0.39 is 0 Å². The molecule has 0 aliphatic rings. The first-order valence-electron chi connectivity index (χ1n) is 6.07. The van der Waals surface area contributed by atoms with Gasteiger partial charge in [0.25, 0.3) is 0 Å². The minimum Gasteiger partial charge on any atom is -0.377 e. The van der Waals surface area contributed by atoms with Crippen molar-refractivity contribution in [2.75, 3.05) is 6.61 Å². The van der Waals surface area contributed by atoms with E-state index in [1.165, 1.54) is 9.13 Å². The van der Waals surface area contributed by atoms with Gasteiger partial charge in [0.05, 0.1) is 15.9 Å². The van der Waals surface area contributed by atoms with E-state index >= 15 is 0 Å². The van der Waals surface area contributed by atoms with E-state index in [1.54, 1.807) is 0 Å². The zero-order chi connectivity index (χ0) is 12.8. The molecule has 0 unspecified atom stereocenters. The van der Waals surface area contributed by atoms with Crippen molar-refractivity contribution in [3.05, 3.63) is 51.4 Å². The van der Waals surface area contributed by atoms with Gasteiger partial charge in [-0.3, -0.25) is 4.68 Å². The van der Waals surface area contributed by atoms with Crippen LogP contribution in [0.25, 0.3) is 0 Å². The number of rotatable bonds is 6. The van der Waals surface area contributed by atoms with E-state index in [4.69, 9.17) is 4.74 Å². The van der Waals surface area contributed by atoms with Crippen LogP contribution in [-0.2, 0) is 17.9 Å². The number of halogens is 1. The van der Waals surface area contributed by atoms with Crippen LogP contribution in [0.4, 0.5) is 0 Å². The highest BCUT2D eigenvalue weighted by atomic mass is 127. The Balaban J connectivity index is 1.64. The molecule has 18 heavy (non-hydrogen) atoms. The smallest absolute Gasteiger partial charge is 0.0727 e. The summed E-state index contributed by atoms with van der Waals surface area (Å²) in [5, 5.41) is 4.42. The number of benzene rings is 1. The summed E-state index contributed by atoms with van der Waals surface area (Å²) < 4.78 is 8.84. The molecule has 1 aromatic carbocycles. The minimum absolute atomic E-state index is 0.691. The van der Waals surface area contributed by atoms with Gasteiger partial charge in [-0.25, -0.2) is 0 Å². The Morgan fingerprint density at radius 2 is 2.06 bits per heavy atom. The number of hydrogen-bond acceptors (Lipinski definition) is 2. The number of ether oxygens (including phenoxy) is 1. The van der Waals surface area contributed by atoms with Crippen LogP contribution in [0.3, 0.4) is 0 Å². The molecule has 0 bridgehead atoms. The molecule has 0 fully saturated rings. The van der Waals surface area contributed by atoms with Crippen molar-refractivity contribution in [1.82, 2.24) is 9.78 Å². The summed E-state index contributed by atoms with van der Waals surface area (Å²) in [5.74, 6) is 0. The lowest BCUT2D eigenvalue weighted by molar-refractivity contribution is 0.115. The first-order valence-corrected chi connectivity index (χ1v) is 7.15. The highest BCUT2D eigenvalue weighted by Gasteiger charge is 2.00. The minimum atomic E-state index is 0.691. The molecule has 0 saturated carbocycles. The molecule has 2 aromatic rings. The van der Waals surface area contributed by atoms with Gasteiger partial charge in [-0.2, -0.15) is 5.10 Å². The molecule has 0 spiro atoms. The average Bonchev–Trinajstić information content (AvgIpc) is 2.70. The zero-order valence-corrected chi connectivity index (χ0v) is 12.6. The van der Waals surface area contributed by atoms with Crippen molar-refractivity contribution in [3.63, 3.8) is 0 Å². The standard InChI is InChI=1S/C14H17IN2O/c1-12-14(15)10-17(16-12)8-5-9-18-11-13-6-3-2-4-7-13/h2-4,6-7,10H,5,8-9,11H2,1H3. The monoisotopic (exact) mass is 356 g/mol. The van der Waals surface area contributed by atoms with E-state index in [2.05, 4.69) is 46.0 Å². The molecular formula is C14H17IN2O. The Hall–Kier alpha value is -0.880. The first kappa shape index (κ1) is 13.5. The summed E-state index contributed by atoms with van der Waals surface area (Å²) in [4.78, 5) is 0. The maximum atomic E-state index is 5.64. The van der Waals surface area contributed by atoms with E-state index in [0.29, 0.717) is 6.61 Å². The lowest BCUT2D eigenvalue weighted by Gasteiger charge is -2.04. The third-order valence-electron chi connectivity index (χ3n) is 2.67. The molecule has 0 aliphatic carbocycles. The Bertz CT molecular complexity index is 462. The second-order valence-electron chi connectivity index (χ2n) is 4.22. The van der Waals surface area contributed by atoms with Crippen molar-refractivity contribution >= 4 is 22.6 Å². The summed E-state index contributed by atoms with van der Waals surface area (Å²) in [6.45, 7) is 4.41. The molecule has 1 aromatic heterocycles. The lowest BCUT2D eigenvalue weighted by Crippen LogP contribution is -2.03. The third-order valence-corrected chi connectivity index (χ3v) is 3.73. The second-order valence-corrected chi connectivity index (χ2v) is 5.38. The molecule has 0 N–H and O–H groups in total. The molecule has 0 amide bonds. The predicted octanol–water partition coefficient (Wildman–Crippen LogP) is 3.40. The normalized spacial score (nSPS) is 10.8. The van der Waals surface area contributed by atoms with Crippen LogP contribution >= 0.6 is 22.6 Å². The molecule has 0 radical (unpaired) electrons. The Labute approximate surface area is 121 Å². The summed E-state index contributed by atoms with van der Waals surface area (Å²) in [7, 11) is 0. The number of aromatic nitrogens is 2. The van der Waals surface area contributed by atoms with Crippen molar-refractivity contribution in [3.8, 4) is 0 Å². The number of nitrogens with zero attached hydrogens (tertiary/aromatic N) is 2. The maximum Gasteiger partial charge on any atom is 0.0727 e. The second kappa shape index (κ2) is 6.89. The fourth-order valence-corrected chi connectivity index (χ4v) is 2.13. The van der Waals surface area contributed by atoms with Crippen LogP contribution in [-0.4, -0.2) is 16.4 Å². The summed E-state index contributed by atoms with van der Waals surface area (Å²) in [5.41, 5.74) is 2.32.